The molecule has 26 heavy (non-hydrogen) atoms. The second-order valence-electron chi connectivity index (χ2n) is 5.53. The highest BCUT2D eigenvalue weighted by molar-refractivity contribution is 9.10. The summed E-state index contributed by atoms with van der Waals surface area (Å²) in [6.07, 6.45) is 2.63. The molecule has 0 saturated carbocycles. The minimum Gasteiger partial charge on any atom is -0.493 e. The number of thiophene rings is 1. The molecule has 4 nitrogen and oxygen atoms in total. The fourth-order valence-corrected chi connectivity index (χ4v) is 4.54. The maximum absolute atomic E-state index is 12.8. The maximum Gasteiger partial charge on any atom is 0.263 e. The second kappa shape index (κ2) is 8.88. The Labute approximate surface area is 169 Å². The molecule has 0 spiro atoms. The van der Waals surface area contributed by atoms with Crippen molar-refractivity contribution in [2.45, 2.75) is 25.0 Å². The van der Waals surface area contributed by atoms with Crippen LogP contribution in [0.25, 0.3) is 10.2 Å². The third-order valence-corrected chi connectivity index (χ3v) is 6.37. The summed E-state index contributed by atoms with van der Waals surface area (Å²) in [5, 5.41) is 1.41. The Morgan fingerprint density at radius 1 is 1.38 bits per heavy atom. The third-order valence-electron chi connectivity index (χ3n) is 3.72. The molecular weight excluding hydrogens is 432 g/mol. The number of aromatic nitrogens is 2. The van der Waals surface area contributed by atoms with E-state index in [1.807, 2.05) is 30.3 Å². The predicted octanol–water partition coefficient (Wildman–Crippen LogP) is 5.14. The standard InChI is InChI=1S/C19H19BrN2O2S2/c1-3-9-22-18(23)16-12-15(4-2)26-17(16)21-19(22)25-11-10-24-14-7-5-13(20)6-8-14/h3,5-8,12H,1,4,9-11H2,2H3. The molecule has 7 heteroatoms. The van der Waals surface area contributed by atoms with Gasteiger partial charge in [0.15, 0.2) is 5.16 Å². The van der Waals surface area contributed by atoms with Crippen molar-refractivity contribution in [2.75, 3.05) is 12.4 Å². The Kier molecular flexibility index (Phi) is 6.56. The Hall–Kier alpha value is -1.57. The summed E-state index contributed by atoms with van der Waals surface area (Å²) in [7, 11) is 0. The molecule has 2 aromatic heterocycles. The number of halogens is 1. The van der Waals surface area contributed by atoms with E-state index < -0.39 is 0 Å². The first-order chi connectivity index (χ1) is 12.6. The molecule has 136 valence electrons. The van der Waals surface area contributed by atoms with Crippen LogP contribution in [0.3, 0.4) is 0 Å². The highest BCUT2D eigenvalue weighted by Crippen LogP contribution is 2.25. The molecule has 0 saturated heterocycles. The van der Waals surface area contributed by atoms with Crippen molar-refractivity contribution in [3.63, 3.8) is 0 Å². The molecule has 0 fully saturated rings. The smallest absolute Gasteiger partial charge is 0.263 e. The lowest BCUT2D eigenvalue weighted by Gasteiger charge is -2.10. The molecular formula is C19H19BrN2O2S2. The van der Waals surface area contributed by atoms with Crippen LogP contribution in [0.15, 0.2) is 57.4 Å². The molecule has 0 unspecified atom stereocenters. The largest absolute Gasteiger partial charge is 0.493 e. The number of hydrogen-bond acceptors (Lipinski definition) is 5. The van der Waals surface area contributed by atoms with Gasteiger partial charge in [-0.25, -0.2) is 4.98 Å². The lowest BCUT2D eigenvalue weighted by Crippen LogP contribution is -2.22. The van der Waals surface area contributed by atoms with Crippen LogP contribution in [0, 0.1) is 0 Å². The molecule has 0 aliphatic carbocycles. The van der Waals surface area contributed by atoms with Crippen molar-refractivity contribution >= 4 is 49.2 Å². The summed E-state index contributed by atoms with van der Waals surface area (Å²) in [4.78, 5) is 19.5. The van der Waals surface area contributed by atoms with Crippen LogP contribution in [-0.2, 0) is 13.0 Å². The van der Waals surface area contributed by atoms with Gasteiger partial charge < -0.3 is 4.74 Å². The Morgan fingerprint density at radius 3 is 2.85 bits per heavy atom. The number of nitrogens with zero attached hydrogens (tertiary/aromatic N) is 2. The Balaban J connectivity index is 1.75. The molecule has 0 amide bonds. The van der Waals surface area contributed by atoms with Gasteiger partial charge >= 0.3 is 0 Å². The summed E-state index contributed by atoms with van der Waals surface area (Å²) in [6.45, 7) is 6.84. The summed E-state index contributed by atoms with van der Waals surface area (Å²) >= 11 is 6.53. The summed E-state index contributed by atoms with van der Waals surface area (Å²) in [5.41, 5.74) is 0.00202. The monoisotopic (exact) mass is 450 g/mol. The number of fused-ring (bicyclic) bond motifs is 1. The van der Waals surface area contributed by atoms with Crippen molar-refractivity contribution in [1.29, 1.82) is 0 Å². The van der Waals surface area contributed by atoms with Crippen LogP contribution in [-0.4, -0.2) is 21.9 Å². The second-order valence-corrected chi connectivity index (χ2v) is 8.63. The van der Waals surface area contributed by atoms with E-state index in [-0.39, 0.29) is 5.56 Å². The summed E-state index contributed by atoms with van der Waals surface area (Å²) < 4.78 is 8.45. The molecule has 0 aliphatic heterocycles. The van der Waals surface area contributed by atoms with Gasteiger partial charge in [-0.1, -0.05) is 40.7 Å². The van der Waals surface area contributed by atoms with E-state index in [1.54, 1.807) is 22.0 Å². The minimum atomic E-state index is 0.00202. The Morgan fingerprint density at radius 2 is 2.15 bits per heavy atom. The minimum absolute atomic E-state index is 0.00202. The number of benzene rings is 1. The van der Waals surface area contributed by atoms with E-state index in [2.05, 4.69) is 29.4 Å². The number of thioether (sulfide) groups is 1. The molecule has 0 N–H and O–H groups in total. The van der Waals surface area contributed by atoms with Gasteiger partial charge in [-0.3, -0.25) is 9.36 Å². The number of rotatable bonds is 8. The van der Waals surface area contributed by atoms with Gasteiger partial charge in [-0.2, -0.15) is 0 Å². The fourth-order valence-electron chi connectivity index (χ4n) is 2.44. The summed E-state index contributed by atoms with van der Waals surface area (Å²) in [6, 6.07) is 9.69. The maximum atomic E-state index is 12.8. The van der Waals surface area contributed by atoms with Crippen LogP contribution in [0.1, 0.15) is 11.8 Å². The van der Waals surface area contributed by atoms with Gasteiger partial charge in [0.1, 0.15) is 10.6 Å². The topological polar surface area (TPSA) is 44.1 Å². The molecule has 0 aliphatic rings. The summed E-state index contributed by atoms with van der Waals surface area (Å²) in [5.74, 6) is 1.53. The number of hydrogen-bond donors (Lipinski definition) is 0. The average molecular weight is 451 g/mol. The van der Waals surface area contributed by atoms with Crippen molar-refractivity contribution in [2.24, 2.45) is 0 Å². The molecule has 0 bridgehead atoms. The zero-order chi connectivity index (χ0) is 18.5. The van der Waals surface area contributed by atoms with Gasteiger partial charge in [-0.05, 0) is 36.8 Å². The molecule has 3 rings (SSSR count). The normalized spacial score (nSPS) is 11.0. The lowest BCUT2D eigenvalue weighted by atomic mass is 10.3. The molecule has 0 atom stereocenters. The van der Waals surface area contributed by atoms with Crippen molar-refractivity contribution in [3.8, 4) is 5.75 Å². The quantitative estimate of drug-likeness (QED) is 0.206. The Bertz CT molecular complexity index is 964. The van der Waals surface area contributed by atoms with Gasteiger partial charge in [-0.15, -0.1) is 17.9 Å². The lowest BCUT2D eigenvalue weighted by molar-refractivity contribution is 0.343. The molecule has 2 heterocycles. The first-order valence-electron chi connectivity index (χ1n) is 8.27. The van der Waals surface area contributed by atoms with Crippen LogP contribution in [0.5, 0.6) is 5.75 Å². The molecule has 0 radical (unpaired) electrons. The number of allylic oxidation sites excluding steroid dienone is 1. The highest BCUT2D eigenvalue weighted by atomic mass is 79.9. The first kappa shape index (κ1) is 19.2. The van der Waals surface area contributed by atoms with Gasteiger partial charge in [0, 0.05) is 21.6 Å². The van der Waals surface area contributed by atoms with E-state index in [0.717, 1.165) is 21.5 Å². The van der Waals surface area contributed by atoms with Crippen LogP contribution >= 0.6 is 39.0 Å². The van der Waals surface area contributed by atoms with E-state index >= 15 is 0 Å². The molecule has 1 aromatic carbocycles. The average Bonchev–Trinajstić information content (AvgIpc) is 3.07. The number of ether oxygens (including phenoxy) is 1. The van der Waals surface area contributed by atoms with E-state index in [0.29, 0.717) is 29.4 Å². The zero-order valence-corrected chi connectivity index (χ0v) is 17.6. The van der Waals surface area contributed by atoms with Crippen LogP contribution < -0.4 is 10.3 Å². The third kappa shape index (κ3) is 4.39. The first-order valence-corrected chi connectivity index (χ1v) is 10.9. The van der Waals surface area contributed by atoms with E-state index in [1.165, 1.54) is 16.6 Å². The van der Waals surface area contributed by atoms with Crippen molar-refractivity contribution in [1.82, 2.24) is 9.55 Å². The highest BCUT2D eigenvalue weighted by Gasteiger charge is 2.13. The van der Waals surface area contributed by atoms with Gasteiger partial charge in [0.05, 0.1) is 12.0 Å². The van der Waals surface area contributed by atoms with Crippen molar-refractivity contribution in [3.05, 3.63) is 62.7 Å². The number of aryl methyl sites for hydroxylation is 1. The predicted molar refractivity (Wildman–Crippen MR) is 114 cm³/mol. The van der Waals surface area contributed by atoms with E-state index in [4.69, 9.17) is 9.72 Å². The van der Waals surface area contributed by atoms with E-state index in [9.17, 15) is 4.79 Å². The molecule has 3 aromatic rings. The van der Waals surface area contributed by atoms with Crippen LogP contribution in [0.4, 0.5) is 0 Å². The fraction of sp³-hybridized carbons (Fsp3) is 0.263. The zero-order valence-electron chi connectivity index (χ0n) is 14.4. The van der Waals surface area contributed by atoms with Crippen molar-refractivity contribution < 1.29 is 4.74 Å². The van der Waals surface area contributed by atoms with Gasteiger partial charge in [0.2, 0.25) is 0 Å². The van der Waals surface area contributed by atoms with Gasteiger partial charge in [0.25, 0.3) is 5.56 Å². The SMILES string of the molecule is C=CCn1c(SCCOc2ccc(Br)cc2)nc2sc(CC)cc2c1=O. The van der Waals surface area contributed by atoms with Crippen LogP contribution in [0.2, 0.25) is 0 Å².